The number of halogens is 6. The summed E-state index contributed by atoms with van der Waals surface area (Å²) in [7, 11) is 3.52. The topological polar surface area (TPSA) is 107 Å². The Morgan fingerprint density at radius 3 is 2.08 bits per heavy atom. The van der Waals surface area contributed by atoms with Crippen LogP contribution >= 0.6 is 0 Å². The van der Waals surface area contributed by atoms with Gasteiger partial charge in [-0.05, 0) is 55.7 Å². The number of pyridine rings is 1. The molecule has 3 aromatic rings. The third kappa shape index (κ3) is 8.29. The second kappa shape index (κ2) is 14.9. The Hall–Kier alpha value is -4.67. The van der Waals surface area contributed by atoms with Crippen molar-refractivity contribution < 1.29 is 40.7 Å². The zero-order valence-electron chi connectivity index (χ0n) is 28.8. The molecule has 2 aliphatic rings. The molecule has 276 valence electrons. The van der Waals surface area contributed by atoms with Gasteiger partial charge in [0.15, 0.2) is 0 Å². The molecule has 17 heteroatoms. The lowest BCUT2D eigenvalue weighted by atomic mass is 9.91. The van der Waals surface area contributed by atoms with E-state index in [0.717, 1.165) is 0 Å². The van der Waals surface area contributed by atoms with Gasteiger partial charge in [0.2, 0.25) is 5.91 Å². The fraction of sp³-hybridized carbons (Fsp3) is 0.500. The number of carbonyl (C=O) groups is 2. The summed E-state index contributed by atoms with van der Waals surface area (Å²) in [6.07, 6.45) is -7.18. The van der Waals surface area contributed by atoms with Gasteiger partial charge in [0, 0.05) is 53.2 Å². The Labute approximate surface area is 291 Å². The second-order valence-corrected chi connectivity index (χ2v) is 12.6. The minimum Gasteiger partial charge on any atom is -0.449 e. The normalized spacial score (nSPS) is 18.7. The highest BCUT2D eigenvalue weighted by Crippen LogP contribution is 2.42. The smallest absolute Gasteiger partial charge is 0.416 e. The minimum atomic E-state index is -5.08. The quantitative estimate of drug-likeness (QED) is 0.272. The molecule has 0 saturated carbocycles. The summed E-state index contributed by atoms with van der Waals surface area (Å²) in [5.74, 6) is 0.390. The van der Waals surface area contributed by atoms with E-state index in [1.165, 1.54) is 24.2 Å². The second-order valence-electron chi connectivity index (χ2n) is 12.6. The molecule has 0 spiro atoms. The molecule has 2 amide bonds. The zero-order chi connectivity index (χ0) is 37.2. The van der Waals surface area contributed by atoms with Crippen molar-refractivity contribution in [1.29, 1.82) is 0 Å². The van der Waals surface area contributed by atoms with Crippen LogP contribution < -0.4 is 20.0 Å². The van der Waals surface area contributed by atoms with Crippen LogP contribution in [0, 0.1) is 0 Å². The number of ether oxygens (including phenoxy) is 1. The van der Waals surface area contributed by atoms with Gasteiger partial charge in [0.25, 0.3) is 0 Å². The molecule has 51 heavy (non-hydrogen) atoms. The minimum absolute atomic E-state index is 0.0540. The number of alkyl halides is 6. The number of benzene rings is 1. The average Bonchev–Trinajstić information content (AvgIpc) is 3.09. The van der Waals surface area contributed by atoms with Gasteiger partial charge in [-0.3, -0.25) is 15.0 Å². The van der Waals surface area contributed by atoms with Crippen LogP contribution in [0.4, 0.5) is 48.3 Å². The summed E-state index contributed by atoms with van der Waals surface area (Å²) < 4.78 is 89.8. The maximum Gasteiger partial charge on any atom is 0.416 e. The molecule has 1 N–H and O–H groups in total. The van der Waals surface area contributed by atoms with Crippen molar-refractivity contribution in [2.45, 2.75) is 64.1 Å². The van der Waals surface area contributed by atoms with E-state index < -0.39 is 47.7 Å². The Bertz CT molecular complexity index is 1680. The van der Waals surface area contributed by atoms with Crippen molar-refractivity contribution in [3.63, 3.8) is 0 Å². The van der Waals surface area contributed by atoms with Crippen LogP contribution in [0.25, 0.3) is 0 Å². The first-order chi connectivity index (χ1) is 24.0. The number of amides is 2. The number of fused-ring (bicyclic) bond motifs is 1. The first-order valence-electron chi connectivity index (χ1n) is 16.5. The van der Waals surface area contributed by atoms with Gasteiger partial charge in [0.1, 0.15) is 11.6 Å². The molecular weight excluding hydrogens is 682 g/mol. The van der Waals surface area contributed by atoms with E-state index >= 15 is 0 Å². The van der Waals surface area contributed by atoms with Crippen LogP contribution in [0.1, 0.15) is 73.9 Å². The zero-order valence-corrected chi connectivity index (χ0v) is 28.8. The largest absolute Gasteiger partial charge is 0.449 e. The monoisotopic (exact) mass is 722 g/mol. The Balaban J connectivity index is 1.62. The van der Waals surface area contributed by atoms with Gasteiger partial charge in [-0.2, -0.15) is 26.3 Å². The maximum atomic E-state index is 14.1. The number of hydrogen-bond donors (Lipinski definition) is 1. The highest BCUT2D eigenvalue weighted by Gasteiger charge is 2.41. The Kier molecular flexibility index (Phi) is 11.0. The van der Waals surface area contributed by atoms with Gasteiger partial charge in [0.05, 0.1) is 59.3 Å². The van der Waals surface area contributed by atoms with Crippen LogP contribution in [0.3, 0.4) is 0 Å². The van der Waals surface area contributed by atoms with Crippen molar-refractivity contribution in [3.8, 4) is 0 Å². The van der Waals surface area contributed by atoms with Gasteiger partial charge >= 0.3 is 18.4 Å². The molecule has 1 fully saturated rings. The van der Waals surface area contributed by atoms with E-state index in [2.05, 4.69) is 15.3 Å². The standard InChI is InChI=1S/C34H40F6N8O3/c1-6-24-17-26(30-27(48(24)32(50)51-7-2)8-9-28(44-30)45(4)5)43-29(21-14-22(33(35,36)37)16-23(15-21)34(38,39)40)31-41-18-25(19-42-31)47-12-10-46(11-13-47)20(3)49/h8-9,14-16,18-19,24,26,29,43H,6-7,10-13,17H2,1-5H3/t24-,26+,29?/m1/s1. The molecule has 0 aliphatic carbocycles. The number of nitrogens with zero attached hydrogens (tertiary/aromatic N) is 7. The summed E-state index contributed by atoms with van der Waals surface area (Å²) in [5.41, 5.74) is -1.98. The van der Waals surface area contributed by atoms with Crippen molar-refractivity contribution >= 4 is 29.2 Å². The SMILES string of the molecule is CCOC(=O)N1c2ccc(N(C)C)nc2[C@@H](NC(c2cc(C(F)(F)F)cc(C(F)(F)F)c2)c2ncc(N3CCN(C(C)=O)CC3)cn2)C[C@H]1CC. The molecule has 11 nitrogen and oxygen atoms in total. The van der Waals surface area contributed by atoms with Crippen molar-refractivity contribution in [2.75, 3.05) is 61.6 Å². The molecule has 2 aliphatic heterocycles. The number of rotatable bonds is 8. The fourth-order valence-corrected chi connectivity index (χ4v) is 6.38. The summed E-state index contributed by atoms with van der Waals surface area (Å²) in [6, 6.07) is 2.23. The summed E-state index contributed by atoms with van der Waals surface area (Å²) in [5, 5.41) is 3.26. The Morgan fingerprint density at radius 1 is 0.961 bits per heavy atom. The molecule has 2 aromatic heterocycles. The molecule has 1 unspecified atom stereocenters. The molecule has 3 atom stereocenters. The number of piperazine rings is 1. The lowest BCUT2D eigenvalue weighted by molar-refractivity contribution is -0.143. The van der Waals surface area contributed by atoms with Gasteiger partial charge in [-0.25, -0.2) is 19.7 Å². The highest BCUT2D eigenvalue weighted by atomic mass is 19.4. The number of anilines is 3. The molecule has 0 bridgehead atoms. The third-order valence-corrected chi connectivity index (χ3v) is 9.06. The van der Waals surface area contributed by atoms with Gasteiger partial charge < -0.3 is 19.4 Å². The van der Waals surface area contributed by atoms with Crippen LogP contribution in [-0.2, 0) is 21.9 Å². The highest BCUT2D eigenvalue weighted by molar-refractivity contribution is 5.90. The predicted molar refractivity (Wildman–Crippen MR) is 177 cm³/mol. The van der Waals surface area contributed by atoms with Crippen molar-refractivity contribution in [3.05, 3.63) is 70.9 Å². The van der Waals surface area contributed by atoms with E-state index in [0.29, 0.717) is 67.6 Å². The third-order valence-electron chi connectivity index (χ3n) is 9.06. The molecule has 1 saturated heterocycles. The summed E-state index contributed by atoms with van der Waals surface area (Å²) >= 11 is 0. The van der Waals surface area contributed by atoms with E-state index in [1.54, 1.807) is 43.0 Å². The molecule has 1 aromatic carbocycles. The summed E-state index contributed by atoms with van der Waals surface area (Å²) in [6.45, 7) is 7.04. The number of carbonyl (C=O) groups excluding carboxylic acids is 2. The van der Waals surface area contributed by atoms with Crippen molar-refractivity contribution in [1.82, 2.24) is 25.2 Å². The Morgan fingerprint density at radius 2 is 1.57 bits per heavy atom. The van der Waals surface area contributed by atoms with E-state index in [-0.39, 0.29) is 36.4 Å². The van der Waals surface area contributed by atoms with Gasteiger partial charge in [-0.15, -0.1) is 0 Å². The van der Waals surface area contributed by atoms with Crippen molar-refractivity contribution in [2.24, 2.45) is 0 Å². The number of nitrogens with one attached hydrogen (secondary N) is 1. The summed E-state index contributed by atoms with van der Waals surface area (Å²) in [4.78, 5) is 45.6. The van der Waals surface area contributed by atoms with E-state index in [9.17, 15) is 35.9 Å². The van der Waals surface area contributed by atoms with Crippen LogP contribution in [0.2, 0.25) is 0 Å². The van der Waals surface area contributed by atoms with E-state index in [1.807, 2.05) is 11.8 Å². The molecule has 4 heterocycles. The predicted octanol–water partition coefficient (Wildman–Crippen LogP) is 6.21. The van der Waals surface area contributed by atoms with Crippen LogP contribution in [-0.4, -0.2) is 84.8 Å². The first kappa shape index (κ1) is 37.6. The molecular formula is C34H40F6N8O3. The van der Waals surface area contributed by atoms with Crippen LogP contribution in [0.5, 0.6) is 0 Å². The first-order valence-corrected chi connectivity index (χ1v) is 16.5. The lowest BCUT2D eigenvalue weighted by Gasteiger charge is -2.41. The maximum absolute atomic E-state index is 14.1. The number of aromatic nitrogens is 3. The molecule has 5 rings (SSSR count). The average molecular weight is 723 g/mol. The van der Waals surface area contributed by atoms with Gasteiger partial charge in [-0.1, -0.05) is 6.92 Å². The number of hydrogen-bond acceptors (Lipinski definition) is 9. The van der Waals surface area contributed by atoms with E-state index in [4.69, 9.17) is 9.72 Å². The molecule has 0 radical (unpaired) electrons. The lowest BCUT2D eigenvalue weighted by Crippen LogP contribution is -2.48. The fourth-order valence-electron chi connectivity index (χ4n) is 6.38. The van der Waals surface area contributed by atoms with Crippen LogP contribution in [0.15, 0.2) is 42.7 Å².